The summed E-state index contributed by atoms with van der Waals surface area (Å²) in [5, 5.41) is 25.3. The van der Waals surface area contributed by atoms with Crippen LogP contribution in [0.2, 0.25) is 0 Å². The summed E-state index contributed by atoms with van der Waals surface area (Å²) in [4.78, 5) is 23.7. The normalized spacial score (nSPS) is 20.1. The van der Waals surface area contributed by atoms with E-state index in [1.54, 1.807) is 12.1 Å². The number of pyridine rings is 1. The maximum Gasteiger partial charge on any atom is 0.303 e. The molecule has 0 saturated carbocycles. The van der Waals surface area contributed by atoms with E-state index in [0.717, 1.165) is 38.1 Å². The standard InChI is InChI=1S/C36H38N2O7S/c1-23-32(22-46-33-10-6-7-19-38(33)42)44-36(45-34(23)28-13-11-26(21-39)12-14-28)29-17-15-27(16-18-29)31-9-5-4-8-30(31)20-37-35(41)24(2)43-25(3)40/h4-19,23-24,32,34,36,39H,20-22H2,1-3H3,(H,37,41). The first-order valence-electron chi connectivity index (χ1n) is 15.2. The van der Waals surface area contributed by atoms with Crippen LogP contribution >= 0.6 is 11.8 Å². The fourth-order valence-electron chi connectivity index (χ4n) is 5.41. The van der Waals surface area contributed by atoms with Gasteiger partial charge in [0.05, 0.1) is 18.8 Å². The first kappa shape index (κ1) is 33.2. The predicted molar refractivity (Wildman–Crippen MR) is 174 cm³/mol. The molecule has 46 heavy (non-hydrogen) atoms. The van der Waals surface area contributed by atoms with Crippen LogP contribution in [0.1, 0.15) is 55.4 Å². The second-order valence-electron chi connectivity index (χ2n) is 11.2. The molecule has 0 bridgehead atoms. The molecule has 1 fully saturated rings. The largest absolute Gasteiger partial charge is 0.618 e. The Kier molecular flexibility index (Phi) is 11.1. The minimum Gasteiger partial charge on any atom is -0.618 e. The molecule has 1 aromatic heterocycles. The zero-order valence-electron chi connectivity index (χ0n) is 26.0. The Morgan fingerprint density at radius 1 is 0.978 bits per heavy atom. The van der Waals surface area contributed by atoms with Gasteiger partial charge in [-0.1, -0.05) is 91.5 Å². The van der Waals surface area contributed by atoms with E-state index in [4.69, 9.17) is 14.2 Å². The van der Waals surface area contributed by atoms with Gasteiger partial charge in [0.1, 0.15) is 0 Å². The summed E-state index contributed by atoms with van der Waals surface area (Å²) in [5.74, 6) is -0.332. The highest BCUT2D eigenvalue weighted by atomic mass is 32.2. The Labute approximate surface area is 273 Å². The van der Waals surface area contributed by atoms with Crippen LogP contribution in [0, 0.1) is 11.1 Å². The highest BCUT2D eigenvalue weighted by molar-refractivity contribution is 7.99. The van der Waals surface area contributed by atoms with Gasteiger partial charge < -0.3 is 29.8 Å². The first-order valence-corrected chi connectivity index (χ1v) is 16.2. The van der Waals surface area contributed by atoms with E-state index in [2.05, 4.69) is 12.2 Å². The van der Waals surface area contributed by atoms with E-state index in [9.17, 15) is 19.9 Å². The van der Waals surface area contributed by atoms with Crippen molar-refractivity contribution >= 4 is 23.6 Å². The molecular weight excluding hydrogens is 604 g/mol. The van der Waals surface area contributed by atoms with Crippen molar-refractivity contribution in [3.05, 3.63) is 125 Å². The van der Waals surface area contributed by atoms with E-state index < -0.39 is 18.4 Å². The molecule has 5 atom stereocenters. The fourth-order valence-corrected chi connectivity index (χ4v) is 6.49. The molecule has 5 rings (SSSR count). The number of carbonyl (C=O) groups is 2. The van der Waals surface area contributed by atoms with E-state index in [-0.39, 0.29) is 37.2 Å². The summed E-state index contributed by atoms with van der Waals surface area (Å²) in [6.07, 6.45) is -0.529. The lowest BCUT2D eigenvalue weighted by atomic mass is 9.91. The zero-order chi connectivity index (χ0) is 32.6. The summed E-state index contributed by atoms with van der Waals surface area (Å²) >= 11 is 1.45. The predicted octanol–water partition coefficient (Wildman–Crippen LogP) is 5.63. The Bertz CT molecular complexity index is 1630. The van der Waals surface area contributed by atoms with Crippen LogP contribution in [-0.2, 0) is 37.0 Å². The van der Waals surface area contributed by atoms with Crippen LogP contribution in [0.3, 0.4) is 0 Å². The van der Waals surface area contributed by atoms with Crippen molar-refractivity contribution in [2.75, 3.05) is 5.75 Å². The Hall–Kier alpha value is -4.22. The monoisotopic (exact) mass is 642 g/mol. The van der Waals surface area contributed by atoms with Gasteiger partial charge in [-0.2, -0.15) is 4.73 Å². The number of esters is 1. The SMILES string of the molecule is CC(=O)OC(C)C(=O)NCc1ccccc1-c1ccc(C2OC(CSc3cccc[n+]3[O-])C(C)C(c3ccc(CO)cc3)O2)cc1. The Morgan fingerprint density at radius 3 is 2.37 bits per heavy atom. The van der Waals surface area contributed by atoms with Crippen molar-refractivity contribution in [3.63, 3.8) is 0 Å². The molecule has 1 amide bonds. The van der Waals surface area contributed by atoms with E-state index >= 15 is 0 Å². The zero-order valence-corrected chi connectivity index (χ0v) is 26.8. The lowest BCUT2D eigenvalue weighted by molar-refractivity contribution is -0.645. The minimum atomic E-state index is -0.880. The van der Waals surface area contributed by atoms with Crippen molar-refractivity contribution in [2.45, 2.75) is 63.6 Å². The van der Waals surface area contributed by atoms with Gasteiger partial charge in [-0.05, 0) is 40.8 Å². The molecule has 240 valence electrons. The lowest BCUT2D eigenvalue weighted by Gasteiger charge is -2.41. The van der Waals surface area contributed by atoms with Crippen LogP contribution in [0.5, 0.6) is 0 Å². The maximum atomic E-state index is 12.4. The summed E-state index contributed by atoms with van der Waals surface area (Å²) in [5.41, 5.74) is 5.49. The molecule has 0 spiro atoms. The summed E-state index contributed by atoms with van der Waals surface area (Å²) < 4.78 is 19.0. The number of aliphatic hydroxyl groups excluding tert-OH is 1. The quantitative estimate of drug-likeness (QED) is 0.0935. The molecule has 0 aliphatic carbocycles. The average Bonchev–Trinajstić information content (AvgIpc) is 3.07. The van der Waals surface area contributed by atoms with Crippen LogP contribution in [0.15, 0.2) is 102 Å². The van der Waals surface area contributed by atoms with Crippen molar-refractivity contribution < 1.29 is 33.6 Å². The van der Waals surface area contributed by atoms with Gasteiger partial charge >= 0.3 is 5.97 Å². The Balaban J connectivity index is 1.35. The number of hydrogen-bond donors (Lipinski definition) is 2. The number of hydrogen-bond acceptors (Lipinski definition) is 8. The molecular formula is C36H38N2O7S. The third-order valence-corrected chi connectivity index (χ3v) is 9.09. The van der Waals surface area contributed by atoms with E-state index in [0.29, 0.717) is 10.8 Å². The molecule has 10 heteroatoms. The topological polar surface area (TPSA) is 121 Å². The van der Waals surface area contributed by atoms with Crippen molar-refractivity contribution in [1.29, 1.82) is 0 Å². The summed E-state index contributed by atoms with van der Waals surface area (Å²) in [6.45, 7) is 5.14. The molecule has 2 N–H and O–H groups in total. The number of carbonyl (C=O) groups excluding carboxylic acids is 2. The third-order valence-electron chi connectivity index (χ3n) is 7.98. The van der Waals surface area contributed by atoms with Crippen molar-refractivity contribution in [2.24, 2.45) is 5.92 Å². The summed E-state index contributed by atoms with van der Waals surface area (Å²) in [7, 11) is 0. The number of aliphatic hydroxyl groups is 1. The van der Waals surface area contributed by atoms with Crippen LogP contribution in [0.25, 0.3) is 11.1 Å². The maximum absolute atomic E-state index is 12.4. The first-order chi connectivity index (χ1) is 22.2. The van der Waals surface area contributed by atoms with Gasteiger partial charge in [-0.15, -0.1) is 0 Å². The van der Waals surface area contributed by atoms with Crippen molar-refractivity contribution in [1.82, 2.24) is 5.32 Å². The number of nitrogens with zero attached hydrogens (tertiary/aromatic N) is 1. The third kappa shape index (κ3) is 8.13. The number of rotatable bonds is 11. The molecule has 0 radical (unpaired) electrons. The lowest BCUT2D eigenvalue weighted by Crippen LogP contribution is -2.39. The van der Waals surface area contributed by atoms with Gasteiger partial charge in [0, 0.05) is 42.8 Å². The van der Waals surface area contributed by atoms with Gasteiger partial charge in [0.15, 0.2) is 18.6 Å². The second-order valence-corrected chi connectivity index (χ2v) is 12.3. The highest BCUT2D eigenvalue weighted by Crippen LogP contribution is 2.43. The van der Waals surface area contributed by atoms with E-state index in [1.165, 1.54) is 31.8 Å². The molecule has 1 aliphatic rings. The molecule has 9 nitrogen and oxygen atoms in total. The Morgan fingerprint density at radius 2 is 1.67 bits per heavy atom. The van der Waals surface area contributed by atoms with Crippen LogP contribution in [0.4, 0.5) is 0 Å². The number of nitrogens with one attached hydrogen (secondary N) is 1. The minimum absolute atomic E-state index is 0.0162. The van der Waals surface area contributed by atoms with Crippen LogP contribution < -0.4 is 10.0 Å². The summed E-state index contributed by atoms with van der Waals surface area (Å²) in [6, 6.07) is 28.9. The fraction of sp³-hybridized carbons (Fsp3) is 0.306. The number of thioether (sulfide) groups is 1. The number of benzene rings is 3. The van der Waals surface area contributed by atoms with Gasteiger partial charge in [-0.25, -0.2) is 0 Å². The van der Waals surface area contributed by atoms with E-state index in [1.807, 2.05) is 78.9 Å². The van der Waals surface area contributed by atoms with Crippen molar-refractivity contribution in [3.8, 4) is 11.1 Å². The molecule has 1 aliphatic heterocycles. The molecule has 4 aromatic rings. The number of amides is 1. The molecule has 3 aromatic carbocycles. The number of ether oxygens (including phenoxy) is 3. The van der Waals surface area contributed by atoms with Gasteiger partial charge in [-0.3, -0.25) is 9.59 Å². The molecule has 2 heterocycles. The molecule has 1 saturated heterocycles. The highest BCUT2D eigenvalue weighted by Gasteiger charge is 2.38. The molecule has 5 unspecified atom stereocenters. The van der Waals surface area contributed by atoms with Gasteiger partial charge in [0.25, 0.3) is 10.9 Å². The smallest absolute Gasteiger partial charge is 0.303 e. The second kappa shape index (κ2) is 15.4. The number of aromatic nitrogens is 1. The average molecular weight is 643 g/mol. The van der Waals surface area contributed by atoms with Crippen LogP contribution in [-0.4, -0.2) is 34.9 Å². The van der Waals surface area contributed by atoms with Gasteiger partial charge in [0.2, 0.25) is 0 Å².